The Balaban J connectivity index is 1.77. The lowest BCUT2D eigenvalue weighted by Crippen LogP contribution is -2.36. The van der Waals surface area contributed by atoms with Crippen molar-refractivity contribution in [2.75, 3.05) is 26.7 Å². The van der Waals surface area contributed by atoms with Crippen molar-refractivity contribution in [1.82, 2.24) is 15.2 Å². The van der Waals surface area contributed by atoms with Crippen molar-refractivity contribution >= 4 is 11.9 Å². The third-order valence-electron chi connectivity index (χ3n) is 4.98. The second kappa shape index (κ2) is 10.3. The van der Waals surface area contributed by atoms with Crippen LogP contribution < -0.4 is 5.32 Å². The van der Waals surface area contributed by atoms with Crippen LogP contribution in [0.1, 0.15) is 72.0 Å². The Labute approximate surface area is 156 Å². The van der Waals surface area contributed by atoms with Gasteiger partial charge in [0.05, 0.1) is 17.9 Å². The predicted molar refractivity (Wildman–Crippen MR) is 101 cm³/mol. The van der Waals surface area contributed by atoms with Gasteiger partial charge in [0.25, 0.3) is 5.91 Å². The summed E-state index contributed by atoms with van der Waals surface area (Å²) in [6, 6.07) is 3.87. The van der Waals surface area contributed by atoms with Crippen molar-refractivity contribution in [2.24, 2.45) is 0 Å². The molecular formula is C20H31N3O3. The number of rotatable bonds is 8. The molecule has 1 saturated carbocycles. The van der Waals surface area contributed by atoms with Crippen LogP contribution in [0.15, 0.2) is 12.1 Å². The zero-order valence-corrected chi connectivity index (χ0v) is 16.2. The minimum absolute atomic E-state index is 0.205. The Morgan fingerprint density at radius 1 is 1.27 bits per heavy atom. The second-order valence-corrected chi connectivity index (χ2v) is 6.93. The number of carbonyl (C=O) groups excluding carboxylic acids is 2. The number of aromatic nitrogens is 1. The highest BCUT2D eigenvalue weighted by molar-refractivity contribution is 5.94. The minimum Gasteiger partial charge on any atom is -0.462 e. The van der Waals surface area contributed by atoms with Gasteiger partial charge < -0.3 is 15.0 Å². The highest BCUT2D eigenvalue weighted by atomic mass is 16.5. The number of aryl methyl sites for hydroxylation is 1. The maximum atomic E-state index is 12.2. The molecule has 26 heavy (non-hydrogen) atoms. The molecule has 6 heteroatoms. The average Bonchev–Trinajstić information content (AvgIpc) is 2.65. The molecular weight excluding hydrogens is 330 g/mol. The van der Waals surface area contributed by atoms with Crippen LogP contribution in [0.3, 0.4) is 0 Å². The molecule has 0 atom stereocenters. The molecule has 2 rings (SSSR count). The Morgan fingerprint density at radius 3 is 2.65 bits per heavy atom. The molecule has 1 amide bonds. The van der Waals surface area contributed by atoms with Crippen LogP contribution in [0.4, 0.5) is 0 Å². The molecule has 0 aromatic carbocycles. The van der Waals surface area contributed by atoms with Gasteiger partial charge >= 0.3 is 5.97 Å². The van der Waals surface area contributed by atoms with Crippen molar-refractivity contribution in [1.29, 1.82) is 0 Å². The SMILES string of the molecule is CCOC(=O)c1ccc(C(=O)NCCCN(C)C2CCCCC2)nc1C. The maximum absolute atomic E-state index is 12.2. The monoisotopic (exact) mass is 361 g/mol. The van der Waals surface area contributed by atoms with Gasteiger partial charge in [-0.15, -0.1) is 0 Å². The first-order valence-corrected chi connectivity index (χ1v) is 9.66. The van der Waals surface area contributed by atoms with Crippen molar-refractivity contribution in [2.45, 2.75) is 58.4 Å². The lowest BCUT2D eigenvalue weighted by molar-refractivity contribution is 0.0524. The maximum Gasteiger partial charge on any atom is 0.339 e. The molecule has 1 aromatic rings. The van der Waals surface area contributed by atoms with Crippen LogP contribution in [0.2, 0.25) is 0 Å². The van der Waals surface area contributed by atoms with E-state index in [9.17, 15) is 9.59 Å². The first-order chi connectivity index (χ1) is 12.5. The Hall–Kier alpha value is -1.95. The highest BCUT2D eigenvalue weighted by Gasteiger charge is 2.18. The molecule has 144 valence electrons. The van der Waals surface area contributed by atoms with Gasteiger partial charge in [0.15, 0.2) is 0 Å². The van der Waals surface area contributed by atoms with Gasteiger partial charge in [0.2, 0.25) is 0 Å². The molecule has 0 bridgehead atoms. The zero-order valence-electron chi connectivity index (χ0n) is 16.2. The molecule has 1 fully saturated rings. The standard InChI is InChI=1S/C20H31N3O3/c1-4-26-20(25)17-11-12-18(22-15(17)2)19(24)21-13-8-14-23(3)16-9-6-5-7-10-16/h11-12,16H,4-10,13-14H2,1-3H3,(H,21,24). The molecule has 0 unspecified atom stereocenters. The summed E-state index contributed by atoms with van der Waals surface area (Å²) in [6.45, 7) is 5.39. The third kappa shape index (κ3) is 5.80. The Morgan fingerprint density at radius 2 is 2.00 bits per heavy atom. The summed E-state index contributed by atoms with van der Waals surface area (Å²) in [6.07, 6.45) is 7.52. The number of pyridine rings is 1. The van der Waals surface area contributed by atoms with Crippen molar-refractivity contribution in [3.05, 3.63) is 29.1 Å². The van der Waals surface area contributed by atoms with Gasteiger partial charge in [0, 0.05) is 12.6 Å². The Kier molecular flexibility index (Phi) is 8.04. The molecule has 0 radical (unpaired) electrons. The van der Waals surface area contributed by atoms with Crippen LogP contribution in [-0.2, 0) is 4.74 Å². The van der Waals surface area contributed by atoms with E-state index in [1.54, 1.807) is 26.0 Å². The van der Waals surface area contributed by atoms with Crippen LogP contribution >= 0.6 is 0 Å². The first-order valence-electron chi connectivity index (χ1n) is 9.66. The van der Waals surface area contributed by atoms with Gasteiger partial charge in [-0.05, 0) is 58.8 Å². The van der Waals surface area contributed by atoms with E-state index in [1.165, 1.54) is 32.1 Å². The Bertz CT molecular complexity index is 612. The summed E-state index contributed by atoms with van der Waals surface area (Å²) < 4.78 is 4.98. The number of nitrogens with one attached hydrogen (secondary N) is 1. The van der Waals surface area contributed by atoms with Gasteiger partial charge in [-0.3, -0.25) is 4.79 Å². The van der Waals surface area contributed by atoms with E-state index in [0.29, 0.717) is 36.1 Å². The highest BCUT2D eigenvalue weighted by Crippen LogP contribution is 2.21. The minimum atomic E-state index is -0.407. The normalized spacial score (nSPS) is 15.1. The van der Waals surface area contributed by atoms with Crippen LogP contribution in [0.25, 0.3) is 0 Å². The fourth-order valence-electron chi connectivity index (χ4n) is 3.44. The lowest BCUT2D eigenvalue weighted by atomic mass is 9.94. The molecule has 1 aromatic heterocycles. The van der Waals surface area contributed by atoms with Crippen LogP contribution in [0.5, 0.6) is 0 Å². The molecule has 0 saturated heterocycles. The van der Waals surface area contributed by atoms with E-state index in [2.05, 4.69) is 22.2 Å². The zero-order chi connectivity index (χ0) is 18.9. The molecule has 1 aliphatic carbocycles. The van der Waals surface area contributed by atoms with Gasteiger partial charge in [-0.2, -0.15) is 0 Å². The van der Waals surface area contributed by atoms with Crippen LogP contribution in [-0.4, -0.2) is 54.5 Å². The van der Waals surface area contributed by atoms with Gasteiger partial charge in [0.1, 0.15) is 5.69 Å². The number of amides is 1. The van der Waals surface area contributed by atoms with E-state index >= 15 is 0 Å². The lowest BCUT2D eigenvalue weighted by Gasteiger charge is -2.31. The number of esters is 1. The summed E-state index contributed by atoms with van der Waals surface area (Å²) in [4.78, 5) is 30.7. The molecule has 1 heterocycles. The summed E-state index contributed by atoms with van der Waals surface area (Å²) in [5.74, 6) is -0.612. The average molecular weight is 361 g/mol. The number of nitrogens with zero attached hydrogens (tertiary/aromatic N) is 2. The summed E-state index contributed by atoms with van der Waals surface area (Å²) in [5, 5.41) is 2.91. The largest absolute Gasteiger partial charge is 0.462 e. The van der Waals surface area contributed by atoms with Gasteiger partial charge in [-0.25, -0.2) is 9.78 Å². The number of hydrogen-bond donors (Lipinski definition) is 1. The fourth-order valence-corrected chi connectivity index (χ4v) is 3.44. The smallest absolute Gasteiger partial charge is 0.339 e. The van der Waals surface area contributed by atoms with E-state index < -0.39 is 5.97 Å². The summed E-state index contributed by atoms with van der Waals surface area (Å²) >= 11 is 0. The number of hydrogen-bond acceptors (Lipinski definition) is 5. The molecule has 0 aliphatic heterocycles. The van der Waals surface area contributed by atoms with Gasteiger partial charge in [-0.1, -0.05) is 19.3 Å². The summed E-state index contributed by atoms with van der Waals surface area (Å²) in [5.41, 5.74) is 1.24. The molecule has 1 aliphatic rings. The molecule has 0 spiro atoms. The predicted octanol–water partition coefficient (Wildman–Crippen LogP) is 2.95. The number of ether oxygens (including phenoxy) is 1. The molecule has 1 N–H and O–H groups in total. The van der Waals surface area contributed by atoms with Crippen LogP contribution in [0, 0.1) is 6.92 Å². The van der Waals surface area contributed by atoms with Crippen molar-refractivity contribution < 1.29 is 14.3 Å². The molecule has 6 nitrogen and oxygen atoms in total. The fraction of sp³-hybridized carbons (Fsp3) is 0.650. The van der Waals surface area contributed by atoms with E-state index in [0.717, 1.165) is 13.0 Å². The topological polar surface area (TPSA) is 71.5 Å². The quantitative estimate of drug-likeness (QED) is 0.569. The van der Waals surface area contributed by atoms with E-state index in [1.807, 2.05) is 0 Å². The third-order valence-corrected chi connectivity index (χ3v) is 4.98. The van der Waals surface area contributed by atoms with Crippen molar-refractivity contribution in [3.8, 4) is 0 Å². The number of carbonyl (C=O) groups is 2. The summed E-state index contributed by atoms with van der Waals surface area (Å²) in [7, 11) is 2.18. The van der Waals surface area contributed by atoms with Crippen molar-refractivity contribution in [3.63, 3.8) is 0 Å². The van der Waals surface area contributed by atoms with E-state index in [4.69, 9.17) is 4.74 Å². The second-order valence-electron chi connectivity index (χ2n) is 6.93. The first kappa shape index (κ1) is 20.4. The van der Waals surface area contributed by atoms with E-state index in [-0.39, 0.29) is 5.91 Å².